The summed E-state index contributed by atoms with van der Waals surface area (Å²) in [6.07, 6.45) is 1.39. The summed E-state index contributed by atoms with van der Waals surface area (Å²) in [4.78, 5) is 13.7. The van der Waals surface area contributed by atoms with Gasteiger partial charge in [0.1, 0.15) is 0 Å². The molecule has 1 aromatic heterocycles. The molecule has 0 atom stereocenters. The van der Waals surface area contributed by atoms with Crippen LogP contribution in [0.2, 0.25) is 0 Å². The van der Waals surface area contributed by atoms with Crippen LogP contribution in [-0.4, -0.2) is 30.6 Å². The number of rotatable bonds is 1. The van der Waals surface area contributed by atoms with Gasteiger partial charge in [0, 0.05) is 0 Å². The average Bonchev–Trinajstić information content (AvgIpc) is 2.12. The number of nitrogens with zero attached hydrogens (tertiary/aromatic N) is 1. The van der Waals surface area contributed by atoms with Gasteiger partial charge in [-0.05, 0) is 0 Å². The summed E-state index contributed by atoms with van der Waals surface area (Å²) in [5.74, 6) is -0.845. The van der Waals surface area contributed by atoms with Crippen molar-refractivity contribution in [3.63, 3.8) is 0 Å². The van der Waals surface area contributed by atoms with Crippen molar-refractivity contribution in [2.45, 2.75) is 0 Å². The minimum absolute atomic E-state index is 0.0220. The Kier molecular flexibility index (Phi) is 1.46. The number of hydrogen-bond acceptors (Lipinski definition) is 2. The summed E-state index contributed by atoms with van der Waals surface area (Å²) < 4.78 is 0.428. The standard InChI is InChI=1S/C4H3NO2Se/c6-4(7)3-1-5-2-8-3/h1-2H,(H,6,7). The van der Waals surface area contributed by atoms with Gasteiger partial charge >= 0.3 is 51.1 Å². The second kappa shape index (κ2) is 2.11. The fourth-order valence-corrected chi connectivity index (χ4v) is 1.28. The Hall–Kier alpha value is -0.601. The summed E-state index contributed by atoms with van der Waals surface area (Å²) in [6.45, 7) is 0. The first-order valence-electron chi connectivity index (χ1n) is 1.92. The maximum atomic E-state index is 10.1. The Balaban J connectivity index is 2.93. The van der Waals surface area contributed by atoms with Gasteiger partial charge in [-0.1, -0.05) is 0 Å². The third kappa shape index (κ3) is 0.966. The third-order valence-electron chi connectivity index (χ3n) is 0.643. The van der Waals surface area contributed by atoms with Gasteiger partial charge in [-0.25, -0.2) is 0 Å². The van der Waals surface area contributed by atoms with Gasteiger partial charge in [-0.3, -0.25) is 0 Å². The van der Waals surface area contributed by atoms with Crippen LogP contribution in [0.25, 0.3) is 0 Å². The molecule has 0 aliphatic rings. The Morgan fingerprint density at radius 3 is 2.88 bits per heavy atom. The van der Waals surface area contributed by atoms with E-state index in [0.29, 0.717) is 4.44 Å². The molecule has 8 heavy (non-hydrogen) atoms. The monoisotopic (exact) mass is 177 g/mol. The molecule has 0 aromatic carbocycles. The van der Waals surface area contributed by atoms with E-state index in [-0.39, 0.29) is 14.5 Å². The molecule has 0 aliphatic carbocycles. The van der Waals surface area contributed by atoms with E-state index >= 15 is 0 Å². The van der Waals surface area contributed by atoms with Crippen molar-refractivity contribution in [1.82, 2.24) is 4.98 Å². The second-order valence-corrected chi connectivity index (χ2v) is 3.03. The van der Waals surface area contributed by atoms with Crippen molar-refractivity contribution in [2.75, 3.05) is 0 Å². The van der Waals surface area contributed by atoms with Gasteiger partial charge in [0.25, 0.3) is 0 Å². The predicted molar refractivity (Wildman–Crippen MR) is 28.1 cm³/mol. The van der Waals surface area contributed by atoms with E-state index in [2.05, 4.69) is 4.98 Å². The first-order chi connectivity index (χ1) is 3.80. The Labute approximate surface area is 51.7 Å². The van der Waals surface area contributed by atoms with Gasteiger partial charge in [-0.2, -0.15) is 0 Å². The van der Waals surface area contributed by atoms with Gasteiger partial charge in [0.2, 0.25) is 0 Å². The average molecular weight is 176 g/mol. The molecular weight excluding hydrogens is 173 g/mol. The van der Waals surface area contributed by atoms with Gasteiger partial charge in [0.05, 0.1) is 0 Å². The van der Waals surface area contributed by atoms with Crippen molar-refractivity contribution < 1.29 is 9.90 Å². The van der Waals surface area contributed by atoms with E-state index in [4.69, 9.17) is 5.11 Å². The minimum atomic E-state index is -0.845. The second-order valence-electron chi connectivity index (χ2n) is 1.17. The SMILES string of the molecule is O=C(O)c1cnc[se]1. The van der Waals surface area contributed by atoms with E-state index in [1.807, 2.05) is 0 Å². The molecule has 3 nitrogen and oxygen atoms in total. The molecule has 0 saturated carbocycles. The number of carbonyl (C=O) groups is 1. The molecule has 0 radical (unpaired) electrons. The number of carboxylic acid groups (broad SMARTS) is 1. The molecule has 0 spiro atoms. The van der Waals surface area contributed by atoms with Crippen LogP contribution in [0.3, 0.4) is 0 Å². The normalized spacial score (nSPS) is 9.00. The molecule has 0 amide bonds. The first-order valence-corrected chi connectivity index (χ1v) is 3.77. The molecule has 0 bridgehead atoms. The van der Waals surface area contributed by atoms with Crippen LogP contribution in [-0.2, 0) is 0 Å². The van der Waals surface area contributed by atoms with Gasteiger partial charge < -0.3 is 0 Å². The van der Waals surface area contributed by atoms with Crippen LogP contribution in [0.15, 0.2) is 11.3 Å². The van der Waals surface area contributed by atoms with E-state index in [1.165, 1.54) is 6.20 Å². The van der Waals surface area contributed by atoms with Gasteiger partial charge in [-0.15, -0.1) is 0 Å². The number of aromatic nitrogens is 1. The van der Waals surface area contributed by atoms with Crippen LogP contribution in [0.4, 0.5) is 0 Å². The van der Waals surface area contributed by atoms with E-state index in [9.17, 15) is 4.79 Å². The van der Waals surface area contributed by atoms with Crippen molar-refractivity contribution in [2.24, 2.45) is 0 Å². The molecule has 0 unspecified atom stereocenters. The molecule has 4 heteroatoms. The number of hydrogen-bond donors (Lipinski definition) is 1. The van der Waals surface area contributed by atoms with E-state index in [1.54, 1.807) is 5.07 Å². The molecule has 0 aliphatic heterocycles. The Morgan fingerprint density at radius 1 is 1.88 bits per heavy atom. The number of aromatic carboxylic acids is 1. The van der Waals surface area contributed by atoms with Crippen LogP contribution in [0, 0.1) is 0 Å². The summed E-state index contributed by atoms with van der Waals surface area (Å²) in [7, 11) is 0. The zero-order chi connectivity index (χ0) is 5.98. The van der Waals surface area contributed by atoms with Crippen molar-refractivity contribution >= 4 is 20.5 Å². The summed E-state index contributed by atoms with van der Waals surface area (Å²) in [5, 5.41) is 9.92. The molecule has 1 heterocycles. The topological polar surface area (TPSA) is 50.2 Å². The van der Waals surface area contributed by atoms with Crippen LogP contribution in [0.5, 0.6) is 0 Å². The van der Waals surface area contributed by atoms with Crippen molar-refractivity contribution in [1.29, 1.82) is 0 Å². The number of carboxylic acids is 1. The molecule has 0 fully saturated rings. The predicted octanol–water partition coefficient (Wildman–Crippen LogP) is -0.163. The van der Waals surface area contributed by atoms with Crippen molar-refractivity contribution in [3.05, 3.63) is 15.7 Å². The van der Waals surface area contributed by atoms with E-state index in [0.717, 1.165) is 0 Å². The van der Waals surface area contributed by atoms with Crippen LogP contribution in [0.1, 0.15) is 9.23 Å². The molecule has 1 aromatic rings. The zero-order valence-corrected chi connectivity index (χ0v) is 5.58. The summed E-state index contributed by atoms with van der Waals surface area (Å²) in [5.41, 5.74) is 0. The van der Waals surface area contributed by atoms with Crippen LogP contribution < -0.4 is 0 Å². The molecule has 0 saturated heterocycles. The Bertz CT molecular complexity index is 182. The maximum absolute atomic E-state index is 10.1. The molecule has 42 valence electrons. The fraction of sp³-hybridized carbons (Fsp3) is 0. The quantitative estimate of drug-likeness (QED) is 0.604. The fourth-order valence-electron chi connectivity index (χ4n) is 0.321. The third-order valence-corrected chi connectivity index (χ3v) is 2.24. The first kappa shape index (κ1) is 5.53. The zero-order valence-electron chi connectivity index (χ0n) is 3.87. The van der Waals surface area contributed by atoms with E-state index < -0.39 is 5.97 Å². The molecule has 1 rings (SSSR count). The van der Waals surface area contributed by atoms with Crippen LogP contribution >= 0.6 is 0 Å². The molecule has 1 N–H and O–H groups in total. The molecular formula is C4H3NO2Se. The van der Waals surface area contributed by atoms with Gasteiger partial charge in [0.15, 0.2) is 0 Å². The summed E-state index contributed by atoms with van der Waals surface area (Å²) >= 11 is -0.0220. The summed E-state index contributed by atoms with van der Waals surface area (Å²) in [6, 6.07) is 0. The van der Waals surface area contributed by atoms with Crippen molar-refractivity contribution in [3.8, 4) is 0 Å². The Morgan fingerprint density at radius 2 is 2.62 bits per heavy atom.